The molecule has 0 aliphatic rings. The SMILES string of the molecule is CC(C)(CNC(=O)NCc1cc(C(=O)O)ccn1)C(N)=O. The number of hydrogen-bond acceptors (Lipinski definition) is 4. The molecule has 0 aliphatic carbocycles. The Kier molecular flexibility index (Phi) is 5.23. The van der Waals surface area contributed by atoms with E-state index in [-0.39, 0.29) is 18.7 Å². The average molecular weight is 294 g/mol. The summed E-state index contributed by atoms with van der Waals surface area (Å²) in [5.74, 6) is -1.58. The minimum absolute atomic E-state index is 0.0734. The molecule has 8 heteroatoms. The van der Waals surface area contributed by atoms with Gasteiger partial charge in [0.05, 0.1) is 23.2 Å². The zero-order chi connectivity index (χ0) is 16.0. The number of nitrogens with zero attached hydrogens (tertiary/aromatic N) is 1. The number of nitrogens with one attached hydrogen (secondary N) is 2. The van der Waals surface area contributed by atoms with Gasteiger partial charge in [-0.2, -0.15) is 0 Å². The normalized spacial score (nSPS) is 10.8. The van der Waals surface area contributed by atoms with Crippen LogP contribution in [0.5, 0.6) is 0 Å². The van der Waals surface area contributed by atoms with E-state index in [1.165, 1.54) is 18.3 Å². The van der Waals surface area contributed by atoms with E-state index >= 15 is 0 Å². The molecule has 1 heterocycles. The fourth-order valence-electron chi connectivity index (χ4n) is 1.33. The van der Waals surface area contributed by atoms with Crippen LogP contribution < -0.4 is 16.4 Å². The third-order valence-corrected chi connectivity index (χ3v) is 2.85. The average Bonchev–Trinajstić information content (AvgIpc) is 2.43. The monoisotopic (exact) mass is 294 g/mol. The first kappa shape index (κ1) is 16.4. The van der Waals surface area contributed by atoms with Crippen LogP contribution in [0.15, 0.2) is 18.3 Å². The van der Waals surface area contributed by atoms with E-state index in [9.17, 15) is 14.4 Å². The molecule has 8 nitrogen and oxygen atoms in total. The van der Waals surface area contributed by atoms with E-state index in [1.54, 1.807) is 13.8 Å². The molecule has 1 aromatic rings. The summed E-state index contributed by atoms with van der Waals surface area (Å²) in [7, 11) is 0. The second kappa shape index (κ2) is 6.69. The van der Waals surface area contributed by atoms with E-state index in [0.29, 0.717) is 5.69 Å². The molecule has 114 valence electrons. The van der Waals surface area contributed by atoms with Crippen molar-refractivity contribution in [2.24, 2.45) is 11.1 Å². The molecule has 0 unspecified atom stereocenters. The van der Waals surface area contributed by atoms with Gasteiger partial charge in [-0.1, -0.05) is 0 Å². The summed E-state index contributed by atoms with van der Waals surface area (Å²) in [5.41, 5.74) is 4.85. The molecular weight excluding hydrogens is 276 g/mol. The van der Waals surface area contributed by atoms with E-state index < -0.39 is 23.3 Å². The summed E-state index contributed by atoms with van der Waals surface area (Å²) in [6, 6.07) is 2.24. The maximum absolute atomic E-state index is 11.6. The number of hydrogen-bond donors (Lipinski definition) is 4. The highest BCUT2D eigenvalue weighted by Gasteiger charge is 2.25. The van der Waals surface area contributed by atoms with Crippen LogP contribution in [0.3, 0.4) is 0 Å². The number of nitrogens with two attached hydrogens (primary N) is 1. The molecule has 0 radical (unpaired) electrons. The highest BCUT2D eigenvalue weighted by molar-refractivity contribution is 5.87. The Hall–Kier alpha value is -2.64. The molecule has 5 N–H and O–H groups in total. The van der Waals surface area contributed by atoms with Crippen LogP contribution in [-0.4, -0.2) is 34.5 Å². The highest BCUT2D eigenvalue weighted by atomic mass is 16.4. The van der Waals surface area contributed by atoms with Gasteiger partial charge < -0.3 is 21.5 Å². The Morgan fingerprint density at radius 3 is 2.57 bits per heavy atom. The summed E-state index contributed by atoms with van der Waals surface area (Å²) < 4.78 is 0. The van der Waals surface area contributed by atoms with Crippen molar-refractivity contribution in [3.05, 3.63) is 29.6 Å². The van der Waals surface area contributed by atoms with Crippen molar-refractivity contribution in [3.63, 3.8) is 0 Å². The maximum Gasteiger partial charge on any atom is 0.335 e. The summed E-state index contributed by atoms with van der Waals surface area (Å²) in [6.45, 7) is 3.40. The van der Waals surface area contributed by atoms with Crippen molar-refractivity contribution in [2.45, 2.75) is 20.4 Å². The fraction of sp³-hybridized carbons (Fsp3) is 0.385. The van der Waals surface area contributed by atoms with Gasteiger partial charge in [-0.3, -0.25) is 9.78 Å². The lowest BCUT2D eigenvalue weighted by Crippen LogP contribution is -2.45. The minimum atomic E-state index is -1.06. The van der Waals surface area contributed by atoms with Crippen LogP contribution in [0.2, 0.25) is 0 Å². The van der Waals surface area contributed by atoms with Crippen molar-refractivity contribution in [3.8, 4) is 0 Å². The smallest absolute Gasteiger partial charge is 0.335 e. The molecule has 1 rings (SSSR count). The van der Waals surface area contributed by atoms with Crippen LogP contribution in [-0.2, 0) is 11.3 Å². The lowest BCUT2D eigenvalue weighted by molar-refractivity contribution is -0.125. The topological polar surface area (TPSA) is 134 Å². The fourth-order valence-corrected chi connectivity index (χ4v) is 1.33. The van der Waals surface area contributed by atoms with E-state index in [0.717, 1.165) is 0 Å². The van der Waals surface area contributed by atoms with Crippen LogP contribution >= 0.6 is 0 Å². The van der Waals surface area contributed by atoms with Crippen LogP contribution in [0, 0.1) is 5.41 Å². The van der Waals surface area contributed by atoms with Gasteiger partial charge in [-0.15, -0.1) is 0 Å². The van der Waals surface area contributed by atoms with Crippen molar-refractivity contribution in [1.82, 2.24) is 15.6 Å². The van der Waals surface area contributed by atoms with E-state index in [2.05, 4.69) is 15.6 Å². The first-order valence-electron chi connectivity index (χ1n) is 6.22. The van der Waals surface area contributed by atoms with Gasteiger partial charge >= 0.3 is 12.0 Å². The lowest BCUT2D eigenvalue weighted by Gasteiger charge is -2.20. The summed E-state index contributed by atoms with van der Waals surface area (Å²) in [4.78, 5) is 37.4. The number of carboxylic acids is 1. The Morgan fingerprint density at radius 2 is 2.00 bits per heavy atom. The Morgan fingerprint density at radius 1 is 1.33 bits per heavy atom. The molecule has 21 heavy (non-hydrogen) atoms. The van der Waals surface area contributed by atoms with Crippen LogP contribution in [0.1, 0.15) is 29.9 Å². The Labute approximate surface area is 121 Å². The number of carbonyl (C=O) groups excluding carboxylic acids is 2. The van der Waals surface area contributed by atoms with E-state index in [4.69, 9.17) is 10.8 Å². The van der Waals surface area contributed by atoms with Gasteiger partial charge in [0.1, 0.15) is 0 Å². The van der Waals surface area contributed by atoms with Crippen LogP contribution in [0.4, 0.5) is 4.79 Å². The zero-order valence-corrected chi connectivity index (χ0v) is 11.8. The van der Waals surface area contributed by atoms with Crippen molar-refractivity contribution in [2.75, 3.05) is 6.54 Å². The molecule has 0 saturated carbocycles. The Bertz CT molecular complexity index is 557. The van der Waals surface area contributed by atoms with Gasteiger partial charge in [-0.05, 0) is 26.0 Å². The second-order valence-electron chi connectivity index (χ2n) is 5.13. The number of rotatable bonds is 6. The molecule has 1 aromatic heterocycles. The number of carbonyl (C=O) groups is 3. The summed E-state index contributed by atoms with van der Waals surface area (Å²) in [6.07, 6.45) is 1.36. The standard InChI is InChI=1S/C13H18N4O4/c1-13(2,11(14)20)7-17-12(21)16-6-9-5-8(10(18)19)3-4-15-9/h3-5H,6-7H2,1-2H3,(H2,14,20)(H,18,19)(H2,16,17,21). The van der Waals surface area contributed by atoms with Gasteiger partial charge in [0, 0.05) is 12.7 Å². The zero-order valence-electron chi connectivity index (χ0n) is 11.8. The predicted molar refractivity (Wildman–Crippen MR) is 74.4 cm³/mol. The molecule has 0 aliphatic heterocycles. The predicted octanol–water partition coefficient (Wildman–Crippen LogP) is 0.0905. The quantitative estimate of drug-likeness (QED) is 0.590. The number of pyridine rings is 1. The van der Waals surface area contributed by atoms with Gasteiger partial charge in [-0.25, -0.2) is 9.59 Å². The second-order valence-corrected chi connectivity index (χ2v) is 5.13. The first-order chi connectivity index (χ1) is 9.72. The molecular formula is C13H18N4O4. The molecule has 0 atom stereocenters. The van der Waals surface area contributed by atoms with Crippen LogP contribution in [0.25, 0.3) is 0 Å². The number of amides is 3. The number of aromatic carboxylic acids is 1. The number of carboxylic acid groups (broad SMARTS) is 1. The minimum Gasteiger partial charge on any atom is -0.478 e. The van der Waals surface area contributed by atoms with Crippen molar-refractivity contribution < 1.29 is 19.5 Å². The van der Waals surface area contributed by atoms with Crippen molar-refractivity contribution in [1.29, 1.82) is 0 Å². The van der Waals surface area contributed by atoms with Crippen molar-refractivity contribution >= 4 is 17.9 Å². The Balaban J connectivity index is 2.48. The number of primary amides is 1. The van der Waals surface area contributed by atoms with E-state index in [1.807, 2.05) is 0 Å². The third-order valence-electron chi connectivity index (χ3n) is 2.85. The summed E-state index contributed by atoms with van der Waals surface area (Å²) in [5, 5.41) is 13.9. The molecule has 0 spiro atoms. The lowest BCUT2D eigenvalue weighted by atomic mass is 9.93. The van der Waals surface area contributed by atoms with Gasteiger partial charge in [0.25, 0.3) is 0 Å². The largest absolute Gasteiger partial charge is 0.478 e. The molecule has 0 aromatic carbocycles. The highest BCUT2D eigenvalue weighted by Crippen LogP contribution is 2.11. The van der Waals surface area contributed by atoms with Gasteiger partial charge in [0.2, 0.25) is 5.91 Å². The van der Waals surface area contributed by atoms with Gasteiger partial charge in [0.15, 0.2) is 0 Å². The third kappa shape index (κ3) is 5.09. The first-order valence-corrected chi connectivity index (χ1v) is 6.22. The summed E-state index contributed by atoms with van der Waals surface area (Å²) >= 11 is 0. The molecule has 0 fully saturated rings. The molecule has 0 bridgehead atoms. The number of urea groups is 1. The maximum atomic E-state index is 11.6. The molecule has 0 saturated heterocycles. The molecule has 3 amide bonds. The number of aromatic nitrogens is 1.